The van der Waals surface area contributed by atoms with E-state index in [-0.39, 0.29) is 45.0 Å². The monoisotopic (exact) mass is 555 g/mol. The molecule has 0 atom stereocenters. The molecule has 1 aliphatic heterocycles. The van der Waals surface area contributed by atoms with Gasteiger partial charge < -0.3 is 14.2 Å². The zero-order valence-electron chi connectivity index (χ0n) is 18.6. The van der Waals surface area contributed by atoms with Gasteiger partial charge in [-0.15, -0.1) is 11.7 Å². The molecule has 1 N–H and O–H groups in total. The predicted octanol–water partition coefficient (Wildman–Crippen LogP) is 5.23. The third kappa shape index (κ3) is 6.64. The molecule has 8 nitrogen and oxygen atoms in total. The lowest BCUT2D eigenvalue weighted by Crippen LogP contribution is -2.32. The van der Waals surface area contributed by atoms with Gasteiger partial charge in [-0.1, -0.05) is 46.9 Å². The summed E-state index contributed by atoms with van der Waals surface area (Å²) in [6.07, 6.45) is 3.26. The lowest BCUT2D eigenvalue weighted by Gasteiger charge is -2.12. The minimum absolute atomic E-state index is 0.197. The van der Waals surface area contributed by atoms with Gasteiger partial charge in [-0.25, -0.2) is 5.43 Å². The van der Waals surface area contributed by atoms with Crippen LogP contribution in [0.5, 0.6) is 17.2 Å². The van der Waals surface area contributed by atoms with Crippen LogP contribution >= 0.6 is 46.6 Å². The van der Waals surface area contributed by atoms with Crippen LogP contribution in [-0.2, 0) is 9.59 Å². The molecular formula is C23H20Cl3N3O5S. The van der Waals surface area contributed by atoms with Gasteiger partial charge in [-0.05, 0) is 41.6 Å². The van der Waals surface area contributed by atoms with E-state index in [0.717, 1.165) is 17.3 Å². The standard InChI is InChI=1S/C23H20Cl3N3O5S/c1-4-7-29-22(31)20(9-13-5-6-17(32-2)19(8-13)33-3)35-23(29)28-27-21(30)12-34-18-11-15(25)14(24)10-16(18)26/h4-6,8-11H,1,7,12H2,2-3H3,(H,27,30). The first-order valence-electron chi connectivity index (χ1n) is 9.95. The molecule has 35 heavy (non-hydrogen) atoms. The van der Waals surface area contributed by atoms with Gasteiger partial charge in [0.1, 0.15) is 5.75 Å². The molecule has 2 amide bonds. The highest BCUT2D eigenvalue weighted by Gasteiger charge is 2.33. The topological polar surface area (TPSA) is 89.5 Å². The number of nitrogens with one attached hydrogen (secondary N) is 1. The van der Waals surface area contributed by atoms with Crippen LogP contribution in [0.4, 0.5) is 0 Å². The van der Waals surface area contributed by atoms with Crippen molar-refractivity contribution in [3.05, 3.63) is 68.5 Å². The highest BCUT2D eigenvalue weighted by Crippen LogP contribution is 2.35. The van der Waals surface area contributed by atoms with Crippen molar-refractivity contribution in [3.8, 4) is 17.2 Å². The molecule has 1 heterocycles. The van der Waals surface area contributed by atoms with Crippen molar-refractivity contribution in [1.82, 2.24) is 10.3 Å². The molecular weight excluding hydrogens is 537 g/mol. The number of methoxy groups -OCH3 is 2. The van der Waals surface area contributed by atoms with E-state index in [0.29, 0.717) is 16.4 Å². The van der Waals surface area contributed by atoms with Crippen molar-refractivity contribution in [3.63, 3.8) is 0 Å². The molecule has 0 saturated carbocycles. The van der Waals surface area contributed by atoms with Crippen molar-refractivity contribution in [2.24, 2.45) is 5.10 Å². The maximum absolute atomic E-state index is 12.9. The van der Waals surface area contributed by atoms with Gasteiger partial charge in [0.05, 0.1) is 34.2 Å². The van der Waals surface area contributed by atoms with Crippen molar-refractivity contribution in [2.75, 3.05) is 27.4 Å². The first-order chi connectivity index (χ1) is 16.8. The normalized spacial score (nSPS) is 15.5. The van der Waals surface area contributed by atoms with Crippen LogP contribution in [0.15, 0.2) is 53.0 Å². The smallest absolute Gasteiger partial charge is 0.278 e. The highest BCUT2D eigenvalue weighted by atomic mass is 35.5. The van der Waals surface area contributed by atoms with Crippen LogP contribution in [0.2, 0.25) is 15.1 Å². The fourth-order valence-electron chi connectivity index (χ4n) is 2.88. The van der Waals surface area contributed by atoms with E-state index in [9.17, 15) is 9.59 Å². The molecule has 12 heteroatoms. The number of amides is 2. The lowest BCUT2D eigenvalue weighted by molar-refractivity contribution is -0.123. The van der Waals surface area contributed by atoms with Gasteiger partial charge in [0.25, 0.3) is 11.8 Å². The number of amidine groups is 1. The number of ether oxygens (including phenoxy) is 3. The second kappa shape index (κ2) is 12.2. The number of carbonyl (C=O) groups excluding carboxylic acids is 2. The number of hydrogen-bond donors (Lipinski definition) is 1. The molecule has 2 aromatic carbocycles. The summed E-state index contributed by atoms with van der Waals surface area (Å²) in [5.74, 6) is 0.453. The van der Waals surface area contributed by atoms with Gasteiger partial charge in [0, 0.05) is 12.6 Å². The molecule has 1 aliphatic rings. The minimum atomic E-state index is -0.566. The predicted molar refractivity (Wildman–Crippen MR) is 140 cm³/mol. The van der Waals surface area contributed by atoms with Crippen LogP contribution in [0.3, 0.4) is 0 Å². The summed E-state index contributed by atoms with van der Waals surface area (Å²) < 4.78 is 15.9. The fourth-order valence-corrected chi connectivity index (χ4v) is 4.42. The van der Waals surface area contributed by atoms with Crippen LogP contribution in [0.1, 0.15) is 5.56 Å². The quantitative estimate of drug-likeness (QED) is 0.197. The molecule has 0 unspecified atom stereocenters. The Kier molecular flexibility index (Phi) is 9.33. The Morgan fingerprint density at radius 2 is 1.80 bits per heavy atom. The Hall–Kier alpha value is -2.85. The summed E-state index contributed by atoms with van der Waals surface area (Å²) in [7, 11) is 3.07. The number of hydrogen-bond acceptors (Lipinski definition) is 7. The molecule has 184 valence electrons. The van der Waals surface area contributed by atoms with Gasteiger partial charge in [-0.3, -0.25) is 14.5 Å². The Labute approximate surface area is 221 Å². The van der Waals surface area contributed by atoms with Gasteiger partial charge in [-0.2, -0.15) is 0 Å². The van der Waals surface area contributed by atoms with E-state index in [1.54, 1.807) is 37.5 Å². The maximum atomic E-state index is 12.9. The summed E-state index contributed by atoms with van der Waals surface area (Å²) >= 11 is 19.0. The molecule has 0 radical (unpaired) electrons. The summed E-state index contributed by atoms with van der Waals surface area (Å²) in [5.41, 5.74) is 3.11. The molecule has 0 aliphatic carbocycles. The molecule has 0 aromatic heterocycles. The molecule has 1 saturated heterocycles. The van der Waals surface area contributed by atoms with E-state index in [1.807, 2.05) is 0 Å². The van der Waals surface area contributed by atoms with E-state index in [1.165, 1.54) is 24.1 Å². The number of hydrazone groups is 1. The largest absolute Gasteiger partial charge is 0.493 e. The SMILES string of the molecule is C=CCN1C(=O)C(=Cc2ccc(OC)c(OC)c2)SC1=NNC(=O)COc1cc(Cl)c(Cl)cc1Cl. The summed E-state index contributed by atoms with van der Waals surface area (Å²) in [4.78, 5) is 27.0. The Morgan fingerprint density at radius 1 is 1.09 bits per heavy atom. The third-order valence-electron chi connectivity index (χ3n) is 4.51. The molecule has 3 rings (SSSR count). The number of halogens is 3. The van der Waals surface area contributed by atoms with E-state index < -0.39 is 5.91 Å². The van der Waals surface area contributed by atoms with Crippen LogP contribution < -0.4 is 19.6 Å². The lowest BCUT2D eigenvalue weighted by atomic mass is 10.2. The average molecular weight is 557 g/mol. The van der Waals surface area contributed by atoms with E-state index >= 15 is 0 Å². The molecule has 1 fully saturated rings. The van der Waals surface area contributed by atoms with E-state index in [2.05, 4.69) is 17.1 Å². The Morgan fingerprint density at radius 3 is 2.49 bits per heavy atom. The van der Waals surface area contributed by atoms with Crippen LogP contribution in [-0.4, -0.2) is 49.3 Å². The number of carbonyl (C=O) groups is 2. The Bertz CT molecular complexity index is 1220. The number of thioether (sulfide) groups is 1. The number of rotatable bonds is 9. The van der Waals surface area contributed by atoms with E-state index in [4.69, 9.17) is 49.0 Å². The Balaban J connectivity index is 1.72. The molecule has 0 spiro atoms. The fraction of sp³-hybridized carbons (Fsp3) is 0.174. The zero-order valence-corrected chi connectivity index (χ0v) is 21.7. The zero-order chi connectivity index (χ0) is 25.5. The average Bonchev–Trinajstić information content (AvgIpc) is 3.13. The number of benzene rings is 2. The summed E-state index contributed by atoms with van der Waals surface area (Å²) in [6.45, 7) is 3.50. The van der Waals surface area contributed by atoms with Crippen molar-refractivity contribution in [2.45, 2.75) is 0 Å². The van der Waals surface area contributed by atoms with Gasteiger partial charge in [0.15, 0.2) is 23.3 Å². The van der Waals surface area contributed by atoms with Gasteiger partial charge >= 0.3 is 0 Å². The van der Waals surface area contributed by atoms with Crippen molar-refractivity contribution < 1.29 is 23.8 Å². The van der Waals surface area contributed by atoms with Gasteiger partial charge in [0.2, 0.25) is 0 Å². The first kappa shape index (κ1) is 26.7. The second-order valence-corrected chi connectivity index (χ2v) is 9.07. The van der Waals surface area contributed by atoms with Crippen molar-refractivity contribution >= 4 is 69.6 Å². The minimum Gasteiger partial charge on any atom is -0.493 e. The first-order valence-corrected chi connectivity index (χ1v) is 11.9. The molecule has 2 aromatic rings. The summed E-state index contributed by atoms with van der Waals surface area (Å²) in [5, 5.41) is 5.07. The van der Waals surface area contributed by atoms with Crippen molar-refractivity contribution in [1.29, 1.82) is 0 Å². The maximum Gasteiger partial charge on any atom is 0.278 e. The second-order valence-electron chi connectivity index (χ2n) is 6.84. The van der Waals surface area contributed by atoms with Crippen LogP contribution in [0.25, 0.3) is 6.08 Å². The molecule has 0 bridgehead atoms. The highest BCUT2D eigenvalue weighted by molar-refractivity contribution is 8.18. The summed E-state index contributed by atoms with van der Waals surface area (Å²) in [6, 6.07) is 8.11. The number of nitrogens with zero attached hydrogens (tertiary/aromatic N) is 2. The van der Waals surface area contributed by atoms with Crippen LogP contribution in [0, 0.1) is 0 Å². The third-order valence-corrected chi connectivity index (χ3v) is 6.54.